The van der Waals surface area contributed by atoms with Crippen molar-refractivity contribution in [1.29, 1.82) is 0 Å². The smallest absolute Gasteiger partial charge is 0.253 e. The van der Waals surface area contributed by atoms with Gasteiger partial charge in [0.1, 0.15) is 11.8 Å². The average molecular weight is 547 g/mol. The van der Waals surface area contributed by atoms with E-state index < -0.39 is 11.6 Å². The molecule has 0 aliphatic carbocycles. The molecule has 0 spiro atoms. The van der Waals surface area contributed by atoms with E-state index in [0.29, 0.717) is 46.5 Å². The normalized spacial score (nSPS) is 13.9. The van der Waals surface area contributed by atoms with Crippen LogP contribution in [0, 0.1) is 0 Å². The minimum atomic E-state index is -0.654. The van der Waals surface area contributed by atoms with E-state index >= 15 is 0 Å². The number of H-pyrrole nitrogens is 1. The zero-order valence-electron chi connectivity index (χ0n) is 21.7. The fraction of sp³-hybridized carbons (Fsp3) is 0.286. The molecule has 0 unspecified atom stereocenters. The van der Waals surface area contributed by atoms with Gasteiger partial charge >= 0.3 is 0 Å². The van der Waals surface area contributed by atoms with E-state index in [4.69, 9.17) is 25.5 Å². The molecule has 1 atom stereocenters. The molecule has 0 saturated carbocycles. The van der Waals surface area contributed by atoms with Crippen LogP contribution < -0.4 is 15.0 Å². The molecule has 0 radical (unpaired) electrons. The van der Waals surface area contributed by atoms with Crippen molar-refractivity contribution in [2.45, 2.75) is 45.4 Å². The Morgan fingerprint density at radius 3 is 2.62 bits per heavy atom. The van der Waals surface area contributed by atoms with Gasteiger partial charge in [-0.3, -0.25) is 9.69 Å². The van der Waals surface area contributed by atoms with Gasteiger partial charge in [0.05, 0.1) is 23.9 Å². The Kier molecular flexibility index (Phi) is 6.36. The van der Waals surface area contributed by atoms with Crippen LogP contribution in [-0.4, -0.2) is 36.9 Å². The summed E-state index contributed by atoms with van der Waals surface area (Å²) in [5.41, 5.74) is 1.30. The topological polar surface area (TPSA) is 111 Å². The number of aromatic amines is 1. The number of fused-ring (bicyclic) bond motifs is 2. The Labute approximate surface area is 229 Å². The molecule has 1 N–H and O–H groups in total. The molecule has 1 aliphatic rings. The monoisotopic (exact) mass is 546 g/mol. The number of nitrogens with zero attached hydrogens (tertiary/aromatic N) is 5. The predicted octanol–water partition coefficient (Wildman–Crippen LogP) is 5.04. The number of pyridine rings is 1. The van der Waals surface area contributed by atoms with Crippen molar-refractivity contribution in [2.75, 3.05) is 6.79 Å². The number of halogens is 1. The van der Waals surface area contributed by atoms with Crippen molar-refractivity contribution in [2.24, 2.45) is 0 Å². The summed E-state index contributed by atoms with van der Waals surface area (Å²) >= 11 is 6.60. The van der Waals surface area contributed by atoms with Crippen molar-refractivity contribution in [1.82, 2.24) is 30.1 Å². The maximum Gasteiger partial charge on any atom is 0.253 e. The van der Waals surface area contributed by atoms with Gasteiger partial charge in [0.2, 0.25) is 6.79 Å². The lowest BCUT2D eigenvalue weighted by Gasteiger charge is -2.32. The maximum absolute atomic E-state index is 13.8. The van der Waals surface area contributed by atoms with Crippen LogP contribution in [0.5, 0.6) is 11.5 Å². The summed E-state index contributed by atoms with van der Waals surface area (Å²) in [6.45, 7) is 6.96. The van der Waals surface area contributed by atoms with Gasteiger partial charge in [-0.25, -0.2) is 4.68 Å². The molecule has 2 aromatic carbocycles. The van der Waals surface area contributed by atoms with Crippen LogP contribution in [0.15, 0.2) is 70.1 Å². The molecular formula is C28H27ClN6O4. The third-order valence-electron chi connectivity index (χ3n) is 6.67. The summed E-state index contributed by atoms with van der Waals surface area (Å²) < 4.78 is 18.6. The van der Waals surface area contributed by atoms with Gasteiger partial charge in [-0.1, -0.05) is 29.8 Å². The standard InChI is InChI=1S/C28H27ClN6O4/c1-28(2,3)35-26(31-32-33-35)25(20-11-18-12-23-24(39-16-38-23)13-22(18)30-27(20)36)34(15-19-8-6-10-37-19)14-17-7-4-5-9-21(17)29/h4-13,25H,14-16H2,1-3H3,(H,30,36)/t25-/m0/s1. The predicted molar refractivity (Wildman–Crippen MR) is 145 cm³/mol. The van der Waals surface area contributed by atoms with Crippen LogP contribution in [0.4, 0.5) is 0 Å². The maximum atomic E-state index is 13.8. The molecule has 39 heavy (non-hydrogen) atoms. The summed E-state index contributed by atoms with van der Waals surface area (Å²) in [6, 6.07) is 16.2. The molecule has 0 bridgehead atoms. The molecule has 0 fully saturated rings. The number of hydrogen-bond acceptors (Lipinski definition) is 8. The second kappa shape index (κ2) is 9.87. The van der Waals surface area contributed by atoms with E-state index in [1.165, 1.54) is 0 Å². The molecular weight excluding hydrogens is 520 g/mol. The number of nitrogens with one attached hydrogen (secondary N) is 1. The van der Waals surface area contributed by atoms with Gasteiger partial charge in [-0.15, -0.1) is 5.10 Å². The van der Waals surface area contributed by atoms with E-state index in [0.717, 1.165) is 16.7 Å². The minimum Gasteiger partial charge on any atom is -0.468 e. The SMILES string of the molecule is CC(C)(C)n1nnnc1[C@H](c1cc2cc3c(cc2[nH]c1=O)OCO3)N(Cc1ccco1)Cc1ccccc1Cl. The third-order valence-corrected chi connectivity index (χ3v) is 7.04. The molecule has 0 amide bonds. The Morgan fingerprint density at radius 1 is 1.08 bits per heavy atom. The Bertz CT molecular complexity index is 1690. The summed E-state index contributed by atoms with van der Waals surface area (Å²) in [6.07, 6.45) is 1.63. The summed E-state index contributed by atoms with van der Waals surface area (Å²) in [4.78, 5) is 18.9. The number of aromatic nitrogens is 5. The second-order valence-electron chi connectivity index (χ2n) is 10.4. The average Bonchev–Trinajstić information content (AvgIpc) is 3.66. The fourth-order valence-corrected chi connectivity index (χ4v) is 5.04. The van der Waals surface area contributed by atoms with Crippen molar-refractivity contribution in [3.8, 4) is 11.5 Å². The zero-order chi connectivity index (χ0) is 27.1. The zero-order valence-corrected chi connectivity index (χ0v) is 22.5. The first-order valence-corrected chi connectivity index (χ1v) is 12.9. The van der Waals surface area contributed by atoms with Crippen molar-refractivity contribution >= 4 is 22.5 Å². The van der Waals surface area contributed by atoms with Crippen LogP contribution >= 0.6 is 11.6 Å². The number of tetrazole rings is 1. The highest BCUT2D eigenvalue weighted by molar-refractivity contribution is 6.31. The van der Waals surface area contributed by atoms with Crippen molar-refractivity contribution in [3.05, 3.63) is 98.9 Å². The van der Waals surface area contributed by atoms with E-state index in [1.807, 2.05) is 69.3 Å². The van der Waals surface area contributed by atoms with Crippen LogP contribution in [0.3, 0.4) is 0 Å². The summed E-state index contributed by atoms with van der Waals surface area (Å²) in [5.74, 6) is 2.46. The second-order valence-corrected chi connectivity index (χ2v) is 10.9. The molecule has 3 aromatic heterocycles. The highest BCUT2D eigenvalue weighted by Crippen LogP contribution is 2.37. The lowest BCUT2D eigenvalue weighted by molar-refractivity contribution is 0.171. The van der Waals surface area contributed by atoms with Crippen LogP contribution in [0.2, 0.25) is 5.02 Å². The first-order chi connectivity index (χ1) is 18.8. The molecule has 200 valence electrons. The molecule has 0 saturated heterocycles. The van der Waals surface area contributed by atoms with Gasteiger partial charge in [0, 0.05) is 28.6 Å². The van der Waals surface area contributed by atoms with Gasteiger partial charge in [-0.2, -0.15) is 0 Å². The largest absolute Gasteiger partial charge is 0.468 e. The summed E-state index contributed by atoms with van der Waals surface area (Å²) in [5, 5.41) is 14.2. The molecule has 10 nitrogen and oxygen atoms in total. The first-order valence-electron chi connectivity index (χ1n) is 12.5. The van der Waals surface area contributed by atoms with Crippen LogP contribution in [-0.2, 0) is 18.6 Å². The Balaban J connectivity index is 1.56. The Hall–Kier alpha value is -4.15. The van der Waals surface area contributed by atoms with Gasteiger partial charge in [-0.05, 0) is 67.1 Å². The summed E-state index contributed by atoms with van der Waals surface area (Å²) in [7, 11) is 0. The van der Waals surface area contributed by atoms with E-state index in [9.17, 15) is 4.79 Å². The van der Waals surface area contributed by atoms with Gasteiger partial charge in [0.25, 0.3) is 5.56 Å². The molecule has 6 rings (SSSR count). The number of ether oxygens (including phenoxy) is 2. The molecule has 1 aliphatic heterocycles. The number of hydrogen-bond donors (Lipinski definition) is 1. The molecule has 4 heterocycles. The van der Waals surface area contributed by atoms with Crippen LogP contribution in [0.1, 0.15) is 49.5 Å². The lowest BCUT2D eigenvalue weighted by Crippen LogP contribution is -2.37. The number of benzene rings is 2. The fourth-order valence-electron chi connectivity index (χ4n) is 4.84. The minimum absolute atomic E-state index is 0.139. The Morgan fingerprint density at radius 2 is 1.87 bits per heavy atom. The third kappa shape index (κ3) is 4.88. The quantitative estimate of drug-likeness (QED) is 0.302. The van der Waals surface area contributed by atoms with E-state index in [1.54, 1.807) is 17.0 Å². The highest BCUT2D eigenvalue weighted by atomic mass is 35.5. The number of furan rings is 1. The van der Waals surface area contributed by atoms with Gasteiger partial charge in [0.15, 0.2) is 17.3 Å². The lowest BCUT2D eigenvalue weighted by atomic mass is 10.0. The van der Waals surface area contributed by atoms with Crippen LogP contribution in [0.25, 0.3) is 10.9 Å². The van der Waals surface area contributed by atoms with Crippen molar-refractivity contribution in [3.63, 3.8) is 0 Å². The van der Waals surface area contributed by atoms with Crippen molar-refractivity contribution < 1.29 is 13.9 Å². The first kappa shape index (κ1) is 25.1. The molecule has 5 aromatic rings. The highest BCUT2D eigenvalue weighted by Gasteiger charge is 2.34. The number of rotatable bonds is 7. The van der Waals surface area contributed by atoms with Gasteiger partial charge < -0.3 is 18.9 Å². The molecule has 11 heteroatoms. The van der Waals surface area contributed by atoms with E-state index in [2.05, 4.69) is 25.4 Å². The van der Waals surface area contributed by atoms with E-state index in [-0.39, 0.29) is 12.4 Å².